The summed E-state index contributed by atoms with van der Waals surface area (Å²) in [5.74, 6) is 0.383. The monoisotopic (exact) mass is 458 g/mol. The van der Waals surface area contributed by atoms with Crippen LogP contribution in [0.1, 0.15) is 70.3 Å². The molecule has 0 spiro atoms. The molecular weight excluding hydrogens is 427 g/mol. The molecule has 1 N–H and O–H groups in total. The van der Waals surface area contributed by atoms with Gasteiger partial charge in [-0.1, -0.05) is 82.6 Å². The van der Waals surface area contributed by atoms with Crippen molar-refractivity contribution in [3.63, 3.8) is 0 Å². The summed E-state index contributed by atoms with van der Waals surface area (Å²) in [4.78, 5) is -0.291. The number of rotatable bonds is 13. The second-order valence-corrected chi connectivity index (χ2v) is 8.76. The van der Waals surface area contributed by atoms with E-state index in [1.807, 2.05) is 0 Å². The molecule has 0 heterocycles. The van der Waals surface area contributed by atoms with Gasteiger partial charge in [0.2, 0.25) is 0 Å². The fraction of sp³-hybridized carbons (Fsp3) is 0.478. The van der Waals surface area contributed by atoms with Gasteiger partial charge in [0.05, 0.1) is 0 Å². The molecule has 0 aliphatic heterocycles. The zero-order valence-corrected chi connectivity index (χ0v) is 22.0. The van der Waals surface area contributed by atoms with Gasteiger partial charge in [0.25, 0.3) is 10.1 Å². The Hall–Kier alpha value is -0.414. The van der Waals surface area contributed by atoms with Gasteiger partial charge < -0.3 is 9.84 Å². The number of unbranched alkanes of at least 4 members (excludes halogenated alkanes) is 8. The summed E-state index contributed by atoms with van der Waals surface area (Å²) in [6.45, 7) is 2.22. The Balaban J connectivity index is 0.00000450. The Morgan fingerprint density at radius 3 is 2.10 bits per heavy atom. The number of ether oxygens (including phenoxy) is 1. The van der Waals surface area contributed by atoms with Crippen LogP contribution < -0.4 is 61.2 Å². The molecule has 30 heavy (non-hydrogen) atoms. The summed E-state index contributed by atoms with van der Waals surface area (Å²) in [5, 5.41) is 11.8. The van der Waals surface area contributed by atoms with E-state index in [9.17, 15) is 18.1 Å². The molecular formula is C23H31KO5S. The predicted octanol–water partition coefficient (Wildman–Crippen LogP) is 2.88. The van der Waals surface area contributed by atoms with Gasteiger partial charge in [-0.2, -0.15) is 8.42 Å². The minimum absolute atomic E-state index is 0. The maximum atomic E-state index is 11.8. The van der Waals surface area contributed by atoms with E-state index in [1.54, 1.807) is 12.1 Å². The third-order valence-corrected chi connectivity index (χ3v) is 5.82. The van der Waals surface area contributed by atoms with Crippen molar-refractivity contribution in [1.82, 2.24) is 0 Å². The van der Waals surface area contributed by atoms with E-state index in [-0.39, 0.29) is 67.8 Å². The van der Waals surface area contributed by atoms with Gasteiger partial charge in [-0.3, -0.25) is 4.55 Å². The minimum atomic E-state index is -4.40. The van der Waals surface area contributed by atoms with E-state index in [0.29, 0.717) is 12.2 Å². The molecule has 2 rings (SSSR count). The Labute approximate surface area is 223 Å². The third-order valence-electron chi connectivity index (χ3n) is 4.93. The summed E-state index contributed by atoms with van der Waals surface area (Å²) < 4.78 is 38.3. The first-order valence-electron chi connectivity index (χ1n) is 10.5. The number of hydrogen-bond donors (Lipinski definition) is 1. The number of hydrogen-bond acceptors (Lipinski definition) is 4. The van der Waals surface area contributed by atoms with Gasteiger partial charge in [-0.25, -0.2) is 0 Å². The van der Waals surface area contributed by atoms with Crippen molar-refractivity contribution < 1.29 is 74.2 Å². The van der Waals surface area contributed by atoms with Crippen LogP contribution in [0.3, 0.4) is 0 Å². The smallest absolute Gasteiger partial charge is 0.872 e. The molecule has 5 nitrogen and oxygen atoms in total. The quantitative estimate of drug-likeness (QED) is 0.283. The van der Waals surface area contributed by atoms with E-state index in [4.69, 9.17) is 4.74 Å². The third kappa shape index (κ3) is 9.81. The first-order chi connectivity index (χ1) is 13.9. The predicted molar refractivity (Wildman–Crippen MR) is 113 cm³/mol. The second kappa shape index (κ2) is 14.6. The number of aryl methyl sites for hydroxylation is 1. The molecule has 0 bridgehead atoms. The SMILES string of the molecule is CCCCCCCCCCCc1cc([O-])ccc1Oc1ccccc1S(=O)(=O)O.[K+]. The van der Waals surface area contributed by atoms with Crippen molar-refractivity contribution in [3.8, 4) is 17.2 Å². The van der Waals surface area contributed by atoms with Gasteiger partial charge in [0, 0.05) is 0 Å². The Bertz CT molecular complexity index is 868. The van der Waals surface area contributed by atoms with Gasteiger partial charge in [0.1, 0.15) is 16.4 Å². The molecule has 0 amide bonds. The molecule has 2 aromatic carbocycles. The van der Waals surface area contributed by atoms with Crippen molar-refractivity contribution in [1.29, 1.82) is 0 Å². The van der Waals surface area contributed by atoms with Gasteiger partial charge in [-0.05, 0) is 36.6 Å². The van der Waals surface area contributed by atoms with Crippen LogP contribution in [0.2, 0.25) is 0 Å². The minimum Gasteiger partial charge on any atom is -0.872 e. The molecule has 0 atom stereocenters. The van der Waals surface area contributed by atoms with Crippen LogP contribution in [-0.4, -0.2) is 13.0 Å². The molecule has 0 unspecified atom stereocenters. The molecule has 160 valence electrons. The number of para-hydroxylation sites is 1. The first kappa shape index (κ1) is 27.6. The van der Waals surface area contributed by atoms with Crippen molar-refractivity contribution >= 4 is 10.1 Å². The van der Waals surface area contributed by atoms with Crippen LogP contribution in [0.5, 0.6) is 17.2 Å². The standard InChI is InChI=1S/C23H32O5S.K/c1-2-3-4-5-6-7-8-9-10-13-19-18-20(24)16-17-21(19)28-22-14-11-12-15-23(22)29(25,26)27;/h11-12,14-18,24H,2-10,13H2,1H3,(H,25,26,27);/q;+1/p-1. The van der Waals surface area contributed by atoms with Gasteiger partial charge in [-0.15, -0.1) is 5.75 Å². The van der Waals surface area contributed by atoms with Crippen molar-refractivity contribution in [2.24, 2.45) is 0 Å². The van der Waals surface area contributed by atoms with Crippen LogP contribution >= 0.6 is 0 Å². The van der Waals surface area contributed by atoms with Crippen LogP contribution in [-0.2, 0) is 16.5 Å². The maximum Gasteiger partial charge on any atom is 1.00 e. The Morgan fingerprint density at radius 1 is 0.867 bits per heavy atom. The zero-order valence-electron chi connectivity index (χ0n) is 18.1. The summed E-state index contributed by atoms with van der Waals surface area (Å²) in [7, 11) is -4.40. The average Bonchev–Trinajstić information content (AvgIpc) is 2.68. The summed E-state index contributed by atoms with van der Waals surface area (Å²) >= 11 is 0. The molecule has 0 fully saturated rings. The van der Waals surface area contributed by atoms with E-state index >= 15 is 0 Å². The second-order valence-electron chi connectivity index (χ2n) is 7.37. The summed E-state index contributed by atoms with van der Waals surface area (Å²) in [5.41, 5.74) is 0.755. The summed E-state index contributed by atoms with van der Waals surface area (Å²) in [6.07, 6.45) is 11.6. The molecule has 0 saturated heterocycles. The normalized spacial score (nSPS) is 11.1. The van der Waals surface area contributed by atoms with Crippen molar-refractivity contribution in [2.45, 2.75) is 76.0 Å². The molecule has 0 aliphatic carbocycles. The van der Waals surface area contributed by atoms with E-state index in [1.165, 1.54) is 75.3 Å². The van der Waals surface area contributed by atoms with Gasteiger partial charge >= 0.3 is 51.4 Å². The average molecular weight is 459 g/mol. The zero-order chi connectivity index (χ0) is 21.1. The Morgan fingerprint density at radius 2 is 1.47 bits per heavy atom. The van der Waals surface area contributed by atoms with Crippen LogP contribution in [0.4, 0.5) is 0 Å². The summed E-state index contributed by atoms with van der Waals surface area (Å²) in [6, 6.07) is 10.4. The van der Waals surface area contributed by atoms with Crippen molar-refractivity contribution in [3.05, 3.63) is 48.0 Å². The molecule has 0 radical (unpaired) electrons. The molecule has 0 aromatic heterocycles. The number of benzene rings is 2. The van der Waals surface area contributed by atoms with Crippen LogP contribution in [0, 0.1) is 0 Å². The van der Waals surface area contributed by atoms with Crippen LogP contribution in [0.25, 0.3) is 0 Å². The first-order valence-corrected chi connectivity index (χ1v) is 11.9. The molecule has 0 aliphatic rings. The van der Waals surface area contributed by atoms with Gasteiger partial charge in [0.15, 0.2) is 0 Å². The largest absolute Gasteiger partial charge is 1.00 e. The fourth-order valence-electron chi connectivity index (χ4n) is 3.34. The van der Waals surface area contributed by atoms with E-state index < -0.39 is 10.1 Å². The topological polar surface area (TPSA) is 86.7 Å². The molecule has 2 aromatic rings. The Kier molecular flexibility index (Phi) is 13.5. The van der Waals surface area contributed by atoms with Crippen LogP contribution in [0.15, 0.2) is 47.4 Å². The fourth-order valence-corrected chi connectivity index (χ4v) is 3.96. The molecule has 0 saturated carbocycles. The van der Waals surface area contributed by atoms with E-state index in [2.05, 4.69) is 6.92 Å². The maximum absolute atomic E-state index is 11.8. The molecule has 7 heteroatoms. The van der Waals surface area contributed by atoms with Crippen molar-refractivity contribution in [2.75, 3.05) is 0 Å². The van der Waals surface area contributed by atoms with E-state index in [0.717, 1.165) is 18.4 Å².